The first kappa shape index (κ1) is 18.0. The highest BCUT2D eigenvalue weighted by molar-refractivity contribution is 7.16. The molecule has 1 amide bonds. The van der Waals surface area contributed by atoms with Crippen molar-refractivity contribution in [2.45, 2.75) is 20.4 Å². The van der Waals surface area contributed by atoms with Gasteiger partial charge in [-0.3, -0.25) is 9.59 Å². The molecule has 0 spiro atoms. The smallest absolute Gasteiger partial charge is 0.326 e. The normalized spacial score (nSPS) is 11.7. The van der Waals surface area contributed by atoms with E-state index in [4.69, 9.17) is 4.74 Å². The molecule has 0 bridgehead atoms. The van der Waals surface area contributed by atoms with Crippen LogP contribution in [0.5, 0.6) is 0 Å². The zero-order chi connectivity index (χ0) is 18.7. The number of benzene rings is 2. The van der Waals surface area contributed by atoms with Crippen molar-refractivity contribution in [2.24, 2.45) is 4.99 Å². The minimum absolute atomic E-state index is 0.214. The zero-order valence-electron chi connectivity index (χ0n) is 14.4. The highest BCUT2D eigenvalue weighted by Crippen LogP contribution is 2.20. The topological polar surface area (TPSA) is 60.7 Å². The van der Waals surface area contributed by atoms with Crippen molar-refractivity contribution in [3.05, 3.63) is 64.2 Å². The van der Waals surface area contributed by atoms with Gasteiger partial charge in [0.1, 0.15) is 12.4 Å². The van der Waals surface area contributed by atoms with E-state index in [1.54, 1.807) is 31.2 Å². The summed E-state index contributed by atoms with van der Waals surface area (Å²) in [6.45, 7) is 3.63. The van der Waals surface area contributed by atoms with E-state index < -0.39 is 17.7 Å². The average molecular weight is 372 g/mol. The van der Waals surface area contributed by atoms with Crippen LogP contribution < -0.4 is 4.80 Å². The molecule has 1 aromatic heterocycles. The Morgan fingerprint density at radius 2 is 1.92 bits per heavy atom. The van der Waals surface area contributed by atoms with Gasteiger partial charge in [0.25, 0.3) is 5.91 Å². The van der Waals surface area contributed by atoms with Crippen molar-refractivity contribution in [1.29, 1.82) is 0 Å². The second-order valence-corrected chi connectivity index (χ2v) is 6.65. The first-order valence-corrected chi connectivity index (χ1v) is 8.90. The molecule has 0 fully saturated rings. The van der Waals surface area contributed by atoms with Crippen molar-refractivity contribution in [1.82, 2.24) is 4.57 Å². The molecule has 0 atom stereocenters. The zero-order valence-corrected chi connectivity index (χ0v) is 15.2. The summed E-state index contributed by atoms with van der Waals surface area (Å²) in [7, 11) is 0. The summed E-state index contributed by atoms with van der Waals surface area (Å²) in [5.41, 5.74) is 1.69. The van der Waals surface area contributed by atoms with Gasteiger partial charge < -0.3 is 9.30 Å². The van der Waals surface area contributed by atoms with Gasteiger partial charge in [0, 0.05) is 5.56 Å². The predicted octanol–water partition coefficient (Wildman–Crippen LogP) is 3.45. The number of aryl methyl sites for hydroxylation is 1. The van der Waals surface area contributed by atoms with Crippen LogP contribution >= 0.6 is 11.3 Å². The minimum Gasteiger partial charge on any atom is -0.465 e. The SMILES string of the molecule is CCOC(=O)Cn1c(=NC(=O)c2ccc(C)cc2)sc2cccc(F)c21. The third kappa shape index (κ3) is 3.72. The number of para-hydroxylation sites is 1. The molecule has 5 nitrogen and oxygen atoms in total. The maximum atomic E-state index is 14.3. The van der Waals surface area contributed by atoms with Crippen LogP contribution in [0, 0.1) is 12.7 Å². The quantitative estimate of drug-likeness (QED) is 0.659. The molecule has 0 radical (unpaired) electrons. The fourth-order valence-corrected chi connectivity index (χ4v) is 3.54. The van der Waals surface area contributed by atoms with Crippen molar-refractivity contribution in [3.8, 4) is 0 Å². The number of hydrogen-bond acceptors (Lipinski definition) is 4. The van der Waals surface area contributed by atoms with Crippen molar-refractivity contribution in [3.63, 3.8) is 0 Å². The van der Waals surface area contributed by atoms with Crippen molar-refractivity contribution < 1.29 is 18.7 Å². The van der Waals surface area contributed by atoms with Gasteiger partial charge in [0.15, 0.2) is 4.80 Å². The molecule has 0 aliphatic carbocycles. The Balaban J connectivity index is 2.12. The molecule has 3 rings (SSSR count). The van der Waals surface area contributed by atoms with Gasteiger partial charge >= 0.3 is 5.97 Å². The van der Waals surface area contributed by atoms with E-state index in [1.165, 1.54) is 10.6 Å². The second kappa shape index (κ2) is 7.61. The molecule has 3 aromatic rings. The third-order valence-corrected chi connectivity index (χ3v) is 4.78. The number of esters is 1. The molecule has 7 heteroatoms. The van der Waals surface area contributed by atoms with E-state index in [2.05, 4.69) is 4.99 Å². The Bertz CT molecular complexity index is 1040. The molecule has 26 heavy (non-hydrogen) atoms. The van der Waals surface area contributed by atoms with Gasteiger partial charge in [-0.15, -0.1) is 0 Å². The van der Waals surface area contributed by atoms with Gasteiger partial charge in [-0.2, -0.15) is 4.99 Å². The monoisotopic (exact) mass is 372 g/mol. The summed E-state index contributed by atoms with van der Waals surface area (Å²) < 4.78 is 21.3. The Hall–Kier alpha value is -2.80. The number of rotatable bonds is 4. The number of aromatic nitrogens is 1. The Kier molecular flexibility index (Phi) is 5.27. The van der Waals surface area contributed by atoms with Gasteiger partial charge in [-0.05, 0) is 38.1 Å². The van der Waals surface area contributed by atoms with Crippen LogP contribution in [0.3, 0.4) is 0 Å². The molecular weight excluding hydrogens is 355 g/mol. The number of carbonyl (C=O) groups excluding carboxylic acids is 2. The van der Waals surface area contributed by atoms with Gasteiger partial charge in [0.2, 0.25) is 0 Å². The molecule has 0 unspecified atom stereocenters. The second-order valence-electron chi connectivity index (χ2n) is 5.65. The molecule has 2 aromatic carbocycles. The summed E-state index contributed by atoms with van der Waals surface area (Å²) in [6, 6.07) is 11.6. The van der Waals surface area contributed by atoms with E-state index in [9.17, 15) is 14.0 Å². The van der Waals surface area contributed by atoms with Crippen LogP contribution in [0.4, 0.5) is 4.39 Å². The number of thiazole rings is 1. The van der Waals surface area contributed by atoms with Crippen LogP contribution in [0.15, 0.2) is 47.5 Å². The van der Waals surface area contributed by atoms with Crippen LogP contribution in [0.2, 0.25) is 0 Å². The van der Waals surface area contributed by atoms with Crippen LogP contribution in [0.1, 0.15) is 22.8 Å². The lowest BCUT2D eigenvalue weighted by atomic mass is 10.1. The fourth-order valence-electron chi connectivity index (χ4n) is 2.50. The maximum absolute atomic E-state index is 14.3. The third-order valence-electron chi connectivity index (χ3n) is 3.74. The molecule has 134 valence electrons. The lowest BCUT2D eigenvalue weighted by Crippen LogP contribution is -2.23. The van der Waals surface area contributed by atoms with E-state index in [-0.39, 0.29) is 23.5 Å². The highest BCUT2D eigenvalue weighted by Gasteiger charge is 2.15. The Morgan fingerprint density at radius 1 is 1.19 bits per heavy atom. The number of hydrogen-bond donors (Lipinski definition) is 0. The van der Waals surface area contributed by atoms with Gasteiger partial charge in [-0.25, -0.2) is 4.39 Å². The first-order valence-electron chi connectivity index (χ1n) is 8.08. The Morgan fingerprint density at radius 3 is 2.62 bits per heavy atom. The number of nitrogens with zero attached hydrogens (tertiary/aromatic N) is 2. The van der Waals surface area contributed by atoms with Gasteiger partial charge in [-0.1, -0.05) is 35.1 Å². The molecule has 0 saturated carbocycles. The molecule has 0 N–H and O–H groups in total. The predicted molar refractivity (Wildman–Crippen MR) is 97.5 cm³/mol. The summed E-state index contributed by atoms with van der Waals surface area (Å²) in [5, 5.41) is 0. The standard InChI is InChI=1S/C19H17FN2O3S/c1-3-25-16(23)11-22-17-14(20)5-4-6-15(17)26-19(22)21-18(24)13-9-7-12(2)8-10-13/h4-10H,3,11H2,1-2H3. The number of ether oxygens (including phenoxy) is 1. The van der Waals surface area contributed by atoms with Crippen molar-refractivity contribution in [2.75, 3.05) is 6.61 Å². The fraction of sp³-hybridized carbons (Fsp3) is 0.211. The molecule has 0 aliphatic heterocycles. The van der Waals surface area contributed by atoms with Crippen LogP contribution in [-0.2, 0) is 16.1 Å². The van der Waals surface area contributed by atoms with E-state index >= 15 is 0 Å². The van der Waals surface area contributed by atoms with Gasteiger partial charge in [0.05, 0.1) is 16.8 Å². The largest absolute Gasteiger partial charge is 0.465 e. The Labute approximate surface area is 153 Å². The van der Waals surface area contributed by atoms with E-state index in [1.807, 2.05) is 19.1 Å². The van der Waals surface area contributed by atoms with E-state index in [0.717, 1.165) is 16.9 Å². The summed E-state index contributed by atoms with van der Waals surface area (Å²) in [5.74, 6) is -1.44. The molecular formula is C19H17FN2O3S. The summed E-state index contributed by atoms with van der Waals surface area (Å²) in [6.07, 6.45) is 0. The number of halogens is 1. The highest BCUT2D eigenvalue weighted by atomic mass is 32.1. The number of fused-ring (bicyclic) bond motifs is 1. The lowest BCUT2D eigenvalue weighted by Gasteiger charge is -2.05. The number of carbonyl (C=O) groups is 2. The van der Waals surface area contributed by atoms with E-state index in [0.29, 0.717) is 10.3 Å². The van der Waals surface area contributed by atoms with Crippen LogP contribution in [0.25, 0.3) is 10.2 Å². The first-order chi connectivity index (χ1) is 12.5. The summed E-state index contributed by atoms with van der Waals surface area (Å²) in [4.78, 5) is 28.8. The average Bonchev–Trinajstić information content (AvgIpc) is 2.94. The van der Waals surface area contributed by atoms with Crippen LogP contribution in [-0.4, -0.2) is 23.1 Å². The summed E-state index contributed by atoms with van der Waals surface area (Å²) >= 11 is 1.15. The maximum Gasteiger partial charge on any atom is 0.326 e. The number of amides is 1. The molecule has 1 heterocycles. The van der Waals surface area contributed by atoms with Crippen molar-refractivity contribution >= 4 is 33.4 Å². The molecule has 0 saturated heterocycles. The minimum atomic E-state index is -0.514. The molecule has 0 aliphatic rings. The lowest BCUT2D eigenvalue weighted by molar-refractivity contribution is -0.143.